The van der Waals surface area contributed by atoms with E-state index in [1.54, 1.807) is 20.2 Å². The maximum Gasteiger partial charge on any atom is 0.269 e. The summed E-state index contributed by atoms with van der Waals surface area (Å²) in [5, 5.41) is 1.14. The van der Waals surface area contributed by atoms with Gasteiger partial charge in [0.05, 0.1) is 14.2 Å². The van der Waals surface area contributed by atoms with Crippen LogP contribution in [0.1, 0.15) is 5.56 Å². The second-order valence-corrected chi connectivity index (χ2v) is 4.15. The van der Waals surface area contributed by atoms with Gasteiger partial charge in [-0.05, 0) is 24.3 Å². The van der Waals surface area contributed by atoms with E-state index in [1.165, 1.54) is 13.2 Å². The molecule has 0 aliphatic carbocycles. The van der Waals surface area contributed by atoms with Crippen molar-refractivity contribution in [2.75, 3.05) is 21.3 Å². The molecule has 5 heteroatoms. The van der Waals surface area contributed by atoms with Crippen molar-refractivity contribution in [2.45, 2.75) is 0 Å². The van der Waals surface area contributed by atoms with Gasteiger partial charge in [0.25, 0.3) is 5.91 Å². The van der Waals surface area contributed by atoms with E-state index in [2.05, 4.69) is 15.9 Å². The topological polar surface area (TPSA) is 38.8 Å². The van der Waals surface area contributed by atoms with Gasteiger partial charge in [-0.15, -0.1) is 0 Å². The summed E-state index contributed by atoms with van der Waals surface area (Å²) < 4.78 is 6.11. The minimum atomic E-state index is -0.241. The number of halogens is 1. The number of methoxy groups -OCH3 is 1. The van der Waals surface area contributed by atoms with Gasteiger partial charge in [0.15, 0.2) is 0 Å². The first kappa shape index (κ1) is 13.7. The molecule has 0 aliphatic heterocycles. The fourth-order valence-corrected chi connectivity index (χ4v) is 1.57. The largest absolute Gasteiger partial charge is 0.496 e. The van der Waals surface area contributed by atoms with Gasteiger partial charge < -0.3 is 4.74 Å². The molecular weight excluding hydrogens is 286 g/mol. The molecule has 1 amide bonds. The van der Waals surface area contributed by atoms with Crippen molar-refractivity contribution in [2.24, 2.45) is 0 Å². The normalized spacial score (nSPS) is 10.6. The van der Waals surface area contributed by atoms with Crippen LogP contribution in [-0.4, -0.2) is 32.2 Å². The van der Waals surface area contributed by atoms with Crippen LogP contribution in [0, 0.1) is 0 Å². The van der Waals surface area contributed by atoms with E-state index in [-0.39, 0.29) is 5.91 Å². The van der Waals surface area contributed by atoms with Crippen LogP contribution in [0.15, 0.2) is 28.7 Å². The Hall–Kier alpha value is -1.33. The third kappa shape index (κ3) is 3.87. The molecular formula is C12H14BrNO3. The Morgan fingerprint density at radius 2 is 2.12 bits per heavy atom. The summed E-state index contributed by atoms with van der Waals surface area (Å²) in [5.74, 6) is 0.465. The van der Waals surface area contributed by atoms with Gasteiger partial charge in [0, 0.05) is 23.2 Å². The summed E-state index contributed by atoms with van der Waals surface area (Å²) in [5.41, 5.74) is 0.819. The monoisotopic (exact) mass is 299 g/mol. The first-order valence-electron chi connectivity index (χ1n) is 4.92. The third-order valence-corrected chi connectivity index (χ3v) is 2.67. The van der Waals surface area contributed by atoms with Crippen LogP contribution in [0.3, 0.4) is 0 Å². The molecule has 0 saturated heterocycles. The Kier molecular flexibility index (Phi) is 5.18. The summed E-state index contributed by atoms with van der Waals surface area (Å²) in [4.78, 5) is 16.3. The molecule has 1 rings (SSSR count). The molecule has 0 bridgehead atoms. The van der Waals surface area contributed by atoms with E-state index in [0.717, 1.165) is 15.1 Å². The Morgan fingerprint density at radius 1 is 1.41 bits per heavy atom. The molecule has 0 aliphatic rings. The highest BCUT2D eigenvalue weighted by molar-refractivity contribution is 9.10. The summed E-state index contributed by atoms with van der Waals surface area (Å²) in [6.45, 7) is 0. The SMILES string of the molecule is COc1ccc(Br)cc1/C=C/C(=O)N(C)OC. The van der Waals surface area contributed by atoms with E-state index in [9.17, 15) is 4.79 Å². The van der Waals surface area contributed by atoms with Crippen LogP contribution in [0.5, 0.6) is 5.75 Å². The van der Waals surface area contributed by atoms with Crippen molar-refractivity contribution in [1.82, 2.24) is 5.06 Å². The van der Waals surface area contributed by atoms with Crippen LogP contribution in [0.25, 0.3) is 6.08 Å². The Labute approximate surface area is 109 Å². The quantitative estimate of drug-likeness (QED) is 0.633. The smallest absolute Gasteiger partial charge is 0.269 e. The predicted octanol–water partition coefficient (Wildman–Crippen LogP) is 2.49. The highest BCUT2D eigenvalue weighted by atomic mass is 79.9. The average Bonchev–Trinajstić information content (AvgIpc) is 2.35. The van der Waals surface area contributed by atoms with Crippen LogP contribution >= 0.6 is 15.9 Å². The number of amides is 1. The molecule has 0 fully saturated rings. The molecule has 0 saturated carbocycles. The summed E-state index contributed by atoms with van der Waals surface area (Å²) >= 11 is 3.37. The molecule has 0 N–H and O–H groups in total. The summed E-state index contributed by atoms with van der Waals surface area (Å²) in [6.07, 6.45) is 3.11. The second kappa shape index (κ2) is 6.42. The highest BCUT2D eigenvalue weighted by Gasteiger charge is 2.04. The number of benzene rings is 1. The van der Waals surface area contributed by atoms with Crippen molar-refractivity contribution in [3.8, 4) is 5.75 Å². The number of hydroxylamine groups is 2. The molecule has 4 nitrogen and oxygen atoms in total. The summed E-state index contributed by atoms with van der Waals surface area (Å²) in [7, 11) is 4.57. The zero-order valence-electron chi connectivity index (χ0n) is 9.94. The summed E-state index contributed by atoms with van der Waals surface area (Å²) in [6, 6.07) is 5.57. The highest BCUT2D eigenvalue weighted by Crippen LogP contribution is 2.24. The van der Waals surface area contributed by atoms with Gasteiger partial charge >= 0.3 is 0 Å². The van der Waals surface area contributed by atoms with Gasteiger partial charge in [-0.3, -0.25) is 9.63 Å². The lowest BCUT2D eigenvalue weighted by atomic mass is 10.2. The van der Waals surface area contributed by atoms with Gasteiger partial charge in [0.1, 0.15) is 5.75 Å². The Morgan fingerprint density at radius 3 is 2.71 bits per heavy atom. The van der Waals surface area contributed by atoms with Gasteiger partial charge in [-0.25, -0.2) is 5.06 Å². The molecule has 1 aromatic rings. The molecule has 0 spiro atoms. The van der Waals surface area contributed by atoms with E-state index in [0.29, 0.717) is 5.75 Å². The molecule has 17 heavy (non-hydrogen) atoms. The number of hydrogen-bond donors (Lipinski definition) is 0. The lowest BCUT2D eigenvalue weighted by Crippen LogP contribution is -2.22. The molecule has 0 aromatic heterocycles. The molecule has 0 radical (unpaired) electrons. The van der Waals surface area contributed by atoms with Gasteiger partial charge in [-0.1, -0.05) is 15.9 Å². The van der Waals surface area contributed by atoms with E-state index < -0.39 is 0 Å². The Bertz CT molecular complexity index is 432. The van der Waals surface area contributed by atoms with Crippen molar-refractivity contribution < 1.29 is 14.4 Å². The Balaban J connectivity index is 2.90. The fraction of sp³-hybridized carbons (Fsp3) is 0.250. The number of carbonyl (C=O) groups is 1. The fourth-order valence-electron chi connectivity index (χ4n) is 1.19. The molecule has 1 aromatic carbocycles. The number of carbonyl (C=O) groups excluding carboxylic acids is 1. The molecule has 0 unspecified atom stereocenters. The van der Waals surface area contributed by atoms with E-state index >= 15 is 0 Å². The van der Waals surface area contributed by atoms with Crippen LogP contribution in [0.4, 0.5) is 0 Å². The second-order valence-electron chi connectivity index (χ2n) is 3.24. The first-order chi connectivity index (χ1) is 8.08. The maximum absolute atomic E-state index is 11.5. The van der Waals surface area contributed by atoms with E-state index in [1.807, 2.05) is 18.2 Å². The lowest BCUT2D eigenvalue weighted by Gasteiger charge is -2.10. The van der Waals surface area contributed by atoms with Crippen LogP contribution in [-0.2, 0) is 9.63 Å². The zero-order valence-corrected chi connectivity index (χ0v) is 11.5. The van der Waals surface area contributed by atoms with Crippen molar-refractivity contribution >= 4 is 27.9 Å². The van der Waals surface area contributed by atoms with Crippen molar-refractivity contribution in [3.05, 3.63) is 34.3 Å². The number of hydrogen-bond acceptors (Lipinski definition) is 3. The van der Waals surface area contributed by atoms with Crippen LogP contribution < -0.4 is 4.74 Å². The number of nitrogens with zero attached hydrogens (tertiary/aromatic N) is 1. The minimum Gasteiger partial charge on any atom is -0.496 e. The predicted molar refractivity (Wildman–Crippen MR) is 69.5 cm³/mol. The van der Waals surface area contributed by atoms with Crippen molar-refractivity contribution in [1.29, 1.82) is 0 Å². The maximum atomic E-state index is 11.5. The van der Waals surface area contributed by atoms with E-state index in [4.69, 9.17) is 9.57 Å². The number of rotatable bonds is 4. The number of ether oxygens (including phenoxy) is 1. The minimum absolute atomic E-state index is 0.241. The molecule has 0 atom stereocenters. The number of likely N-dealkylation sites (N-methyl/N-ethyl adjacent to an activating group) is 1. The standard InChI is InChI=1S/C12H14BrNO3/c1-14(17-3)12(15)7-4-9-8-10(13)5-6-11(9)16-2/h4-8H,1-3H3/b7-4+. The van der Waals surface area contributed by atoms with Gasteiger partial charge in [-0.2, -0.15) is 0 Å². The van der Waals surface area contributed by atoms with Gasteiger partial charge in [0.2, 0.25) is 0 Å². The zero-order chi connectivity index (χ0) is 12.8. The molecule has 92 valence electrons. The third-order valence-electron chi connectivity index (χ3n) is 2.18. The van der Waals surface area contributed by atoms with Crippen LogP contribution in [0.2, 0.25) is 0 Å². The average molecular weight is 300 g/mol. The van der Waals surface area contributed by atoms with Crippen molar-refractivity contribution in [3.63, 3.8) is 0 Å². The first-order valence-corrected chi connectivity index (χ1v) is 5.71. The lowest BCUT2D eigenvalue weighted by molar-refractivity contribution is -0.162. The molecule has 0 heterocycles.